The minimum Gasteiger partial charge on any atom is -0.468 e. The van der Waals surface area contributed by atoms with Crippen molar-refractivity contribution in [3.63, 3.8) is 0 Å². The largest absolute Gasteiger partial charge is 0.468 e. The number of rotatable bonds is 7. The summed E-state index contributed by atoms with van der Waals surface area (Å²) in [6, 6.07) is 0. The molecule has 0 aliphatic rings. The van der Waals surface area contributed by atoms with Crippen LogP contribution in [0.1, 0.15) is 26.7 Å². The maximum absolute atomic E-state index is 11.6. The van der Waals surface area contributed by atoms with E-state index in [-0.39, 0.29) is 33.2 Å². The van der Waals surface area contributed by atoms with Crippen molar-refractivity contribution in [3.05, 3.63) is 0 Å². The Balaban J connectivity index is 4.08. The van der Waals surface area contributed by atoms with Crippen LogP contribution in [-0.2, 0) is 19.1 Å². The minimum atomic E-state index is -0.704. The van der Waals surface area contributed by atoms with Crippen LogP contribution in [0.5, 0.6) is 0 Å². The van der Waals surface area contributed by atoms with Gasteiger partial charge in [0.25, 0.3) is 0 Å². The summed E-state index contributed by atoms with van der Waals surface area (Å²) in [5.41, 5.74) is 0. The molecule has 0 aliphatic carbocycles. The zero-order valence-electron chi connectivity index (χ0n) is 9.91. The van der Waals surface area contributed by atoms with E-state index >= 15 is 0 Å². The maximum atomic E-state index is 11.6. The average Bonchev–Trinajstić information content (AvgIpc) is 2.23. The third-order valence-corrected chi connectivity index (χ3v) is 2.48. The van der Waals surface area contributed by atoms with Gasteiger partial charge in [-0.1, -0.05) is 25.3 Å². The molecule has 0 saturated heterocycles. The van der Waals surface area contributed by atoms with Gasteiger partial charge in [-0.3, -0.25) is 9.59 Å². The molecule has 0 amide bonds. The van der Waals surface area contributed by atoms with E-state index in [4.69, 9.17) is 9.47 Å². The van der Waals surface area contributed by atoms with Gasteiger partial charge in [-0.25, -0.2) is 0 Å². The van der Waals surface area contributed by atoms with Crippen molar-refractivity contribution in [3.8, 4) is 0 Å². The summed E-state index contributed by atoms with van der Waals surface area (Å²) < 4.78 is 9.88. The molecule has 0 aromatic carbocycles. The molecule has 8 heteroatoms. The first-order valence-electron chi connectivity index (χ1n) is 5.08. The third kappa shape index (κ3) is 8.02. The van der Waals surface area contributed by atoms with Crippen LogP contribution >= 0.6 is 49.7 Å². The van der Waals surface area contributed by atoms with Crippen LogP contribution in [0.2, 0.25) is 0 Å². The zero-order chi connectivity index (χ0) is 14.3. The fourth-order valence-electron chi connectivity index (χ4n) is 1.09. The first-order chi connectivity index (χ1) is 8.23. The number of Topliss-reactive ketones (excluding diaryl/α,β-unsaturated/α-hetero) is 2. The molecule has 0 aliphatic heterocycles. The second-order valence-electron chi connectivity index (χ2n) is 3.48. The van der Waals surface area contributed by atoms with E-state index < -0.39 is 12.2 Å². The Labute approximate surface area is 128 Å². The highest BCUT2D eigenvalue weighted by Gasteiger charge is 2.20. The number of carbonyl (C=O) groups excluding carboxylic acids is 2. The Morgan fingerprint density at radius 3 is 1.44 bits per heavy atom. The highest BCUT2D eigenvalue weighted by atomic mass is 32.1. The number of hydrogen-bond acceptors (Lipinski definition) is 6. The number of thiocarbonyl (C=S) groups is 2. The highest BCUT2D eigenvalue weighted by Crippen LogP contribution is 2.07. The van der Waals surface area contributed by atoms with Gasteiger partial charge < -0.3 is 9.47 Å². The van der Waals surface area contributed by atoms with Crippen LogP contribution in [0.3, 0.4) is 0 Å². The predicted octanol–water partition coefficient (Wildman–Crippen LogP) is 2.14. The topological polar surface area (TPSA) is 52.6 Å². The molecule has 0 bridgehead atoms. The molecule has 2 unspecified atom stereocenters. The van der Waals surface area contributed by atoms with Crippen molar-refractivity contribution in [1.82, 2.24) is 0 Å². The van der Waals surface area contributed by atoms with Crippen molar-refractivity contribution in [2.24, 2.45) is 0 Å². The Hall–Kier alpha value is -0.180. The van der Waals surface area contributed by atoms with E-state index in [9.17, 15) is 9.59 Å². The first-order valence-corrected chi connectivity index (χ1v) is 6.79. The SMILES string of the molecule is CC(OC(=S)S)C(=O)CCC(=O)C(C)OC(=S)S. The molecule has 2 atom stereocenters. The smallest absolute Gasteiger partial charge is 0.217 e. The van der Waals surface area contributed by atoms with Gasteiger partial charge >= 0.3 is 0 Å². The summed E-state index contributed by atoms with van der Waals surface area (Å²) in [5.74, 6) is -0.444. The van der Waals surface area contributed by atoms with Crippen molar-refractivity contribution in [2.45, 2.75) is 38.9 Å². The van der Waals surface area contributed by atoms with Crippen molar-refractivity contribution < 1.29 is 19.1 Å². The molecule has 102 valence electrons. The molecule has 0 N–H and O–H groups in total. The van der Waals surface area contributed by atoms with Crippen LogP contribution in [-0.4, -0.2) is 32.5 Å². The molecule has 0 fully saturated rings. The van der Waals surface area contributed by atoms with Gasteiger partial charge in [0.15, 0.2) is 23.8 Å². The molecule has 4 nitrogen and oxygen atoms in total. The molecule has 0 aromatic rings. The Morgan fingerprint density at radius 1 is 0.944 bits per heavy atom. The summed E-state index contributed by atoms with van der Waals surface area (Å²) in [7, 11) is 0. The summed E-state index contributed by atoms with van der Waals surface area (Å²) in [5, 5.41) is 0. The first kappa shape index (κ1) is 17.8. The van der Waals surface area contributed by atoms with E-state index in [0.717, 1.165) is 0 Å². The highest BCUT2D eigenvalue weighted by molar-refractivity contribution is 8.10. The summed E-state index contributed by atoms with van der Waals surface area (Å²) in [6.45, 7) is 3.11. The second-order valence-corrected chi connectivity index (χ2v) is 5.64. The molecule has 0 radical (unpaired) electrons. The number of ketones is 2. The molecule has 18 heavy (non-hydrogen) atoms. The quantitative estimate of drug-likeness (QED) is 0.552. The fraction of sp³-hybridized carbons (Fsp3) is 0.600. The van der Waals surface area contributed by atoms with Gasteiger partial charge in [0, 0.05) is 12.8 Å². The summed E-state index contributed by atoms with van der Waals surface area (Å²) in [4.78, 5) is 23.2. The lowest BCUT2D eigenvalue weighted by atomic mass is 10.1. The van der Waals surface area contributed by atoms with Crippen LogP contribution in [0.4, 0.5) is 0 Å². The van der Waals surface area contributed by atoms with Crippen molar-refractivity contribution in [2.75, 3.05) is 0 Å². The van der Waals surface area contributed by atoms with Crippen molar-refractivity contribution in [1.29, 1.82) is 0 Å². The monoisotopic (exact) mass is 326 g/mol. The molecular formula is C10H14O4S4. The van der Waals surface area contributed by atoms with Crippen LogP contribution in [0.25, 0.3) is 0 Å². The molecule has 0 saturated carbocycles. The fourth-order valence-corrected chi connectivity index (χ4v) is 1.69. The lowest BCUT2D eigenvalue weighted by Gasteiger charge is -2.13. The molecule has 0 aromatic heterocycles. The van der Waals surface area contributed by atoms with Gasteiger partial charge in [0.05, 0.1) is 0 Å². The second kappa shape index (κ2) is 8.84. The number of hydrogen-bond donors (Lipinski definition) is 2. The number of thiol groups is 2. The van der Waals surface area contributed by atoms with Gasteiger partial charge in [-0.15, -0.1) is 0 Å². The lowest BCUT2D eigenvalue weighted by molar-refractivity contribution is -0.130. The Kier molecular flexibility index (Phi) is 8.75. The van der Waals surface area contributed by atoms with Gasteiger partial charge in [0.1, 0.15) is 0 Å². The van der Waals surface area contributed by atoms with Gasteiger partial charge in [0.2, 0.25) is 8.77 Å². The standard InChI is InChI=1S/C10H14O4S4/c1-5(13-9(15)16)7(11)3-4-8(12)6(2)14-10(17)18/h5-6H,3-4H2,1-2H3,(H,15,16)(H,17,18). The average molecular weight is 326 g/mol. The summed E-state index contributed by atoms with van der Waals surface area (Å²) in [6.07, 6.45) is -1.29. The van der Waals surface area contributed by atoms with E-state index in [1.165, 1.54) is 0 Å². The number of carbonyl (C=O) groups is 2. The zero-order valence-corrected chi connectivity index (χ0v) is 13.3. The van der Waals surface area contributed by atoms with Gasteiger partial charge in [-0.2, -0.15) is 0 Å². The van der Waals surface area contributed by atoms with E-state index in [2.05, 4.69) is 49.7 Å². The van der Waals surface area contributed by atoms with Crippen LogP contribution < -0.4 is 0 Å². The van der Waals surface area contributed by atoms with Crippen molar-refractivity contribution >= 4 is 70.0 Å². The Morgan fingerprint density at radius 2 is 1.22 bits per heavy atom. The maximum Gasteiger partial charge on any atom is 0.217 e. The molecule has 0 rings (SSSR count). The van der Waals surface area contributed by atoms with Crippen LogP contribution in [0, 0.1) is 0 Å². The van der Waals surface area contributed by atoms with Crippen LogP contribution in [0.15, 0.2) is 0 Å². The molecule has 0 heterocycles. The summed E-state index contributed by atoms with van der Waals surface area (Å²) >= 11 is 16.7. The van der Waals surface area contributed by atoms with E-state index in [1.807, 2.05) is 0 Å². The van der Waals surface area contributed by atoms with Gasteiger partial charge in [-0.05, 0) is 38.3 Å². The third-order valence-electron chi connectivity index (χ3n) is 2.08. The van der Waals surface area contributed by atoms with E-state index in [1.54, 1.807) is 13.8 Å². The van der Waals surface area contributed by atoms with E-state index in [0.29, 0.717) is 0 Å². The Bertz CT molecular complexity index is 322. The predicted molar refractivity (Wildman–Crippen MR) is 83.5 cm³/mol. The lowest BCUT2D eigenvalue weighted by Crippen LogP contribution is -2.26. The normalized spacial score (nSPS) is 13.3. The molecular weight excluding hydrogens is 312 g/mol. The minimum absolute atomic E-state index is 0.000648. The molecule has 0 spiro atoms. The number of ether oxygens (including phenoxy) is 2.